The van der Waals surface area contributed by atoms with Crippen molar-refractivity contribution in [1.82, 2.24) is 19.8 Å². The lowest BCUT2D eigenvalue weighted by molar-refractivity contribution is 0.0734. The molecule has 0 radical (unpaired) electrons. The normalized spacial score (nSPS) is 14.5. The van der Waals surface area contributed by atoms with Gasteiger partial charge in [0.15, 0.2) is 5.82 Å². The molecule has 1 amide bonds. The quantitative estimate of drug-likeness (QED) is 0.720. The third-order valence-electron chi connectivity index (χ3n) is 4.84. The number of carbonyl (C=O) groups excluding carboxylic acids is 1. The van der Waals surface area contributed by atoms with Crippen molar-refractivity contribution in [2.45, 2.75) is 33.1 Å². The molecule has 144 valence electrons. The Labute approximate surface area is 166 Å². The molecular weight excluding hydrogens is 360 g/mol. The van der Waals surface area contributed by atoms with E-state index in [1.54, 1.807) is 6.07 Å². The van der Waals surface area contributed by atoms with Crippen LogP contribution in [0.1, 0.15) is 42.4 Å². The highest BCUT2D eigenvalue weighted by Crippen LogP contribution is 2.19. The number of hydrogen-bond donors (Lipinski definition) is 0. The number of benzene rings is 1. The third-order valence-corrected chi connectivity index (χ3v) is 5.09. The molecule has 1 aromatic heterocycles. The van der Waals surface area contributed by atoms with Crippen LogP contribution < -0.4 is 0 Å². The minimum Gasteiger partial charge on any atom is -0.336 e. The molecule has 1 saturated heterocycles. The van der Waals surface area contributed by atoms with Crippen molar-refractivity contribution in [3.63, 3.8) is 0 Å². The highest BCUT2D eigenvalue weighted by Gasteiger charge is 2.20. The zero-order valence-electron chi connectivity index (χ0n) is 16.1. The van der Waals surface area contributed by atoms with Gasteiger partial charge in [0.1, 0.15) is 5.69 Å². The topological polar surface area (TPSA) is 49.3 Å². The monoisotopic (exact) mass is 386 g/mol. The maximum atomic E-state index is 13.1. The van der Waals surface area contributed by atoms with Crippen molar-refractivity contribution in [3.05, 3.63) is 46.7 Å². The van der Waals surface area contributed by atoms with Crippen LogP contribution in [-0.2, 0) is 0 Å². The van der Waals surface area contributed by atoms with E-state index in [1.807, 2.05) is 36.1 Å². The second-order valence-corrected chi connectivity index (χ2v) is 7.50. The molecule has 0 atom stereocenters. The van der Waals surface area contributed by atoms with Gasteiger partial charge in [0.25, 0.3) is 5.91 Å². The van der Waals surface area contributed by atoms with Crippen LogP contribution >= 0.6 is 11.6 Å². The number of carbonyl (C=O) groups is 1. The second-order valence-electron chi connectivity index (χ2n) is 7.07. The van der Waals surface area contributed by atoms with Gasteiger partial charge in [-0.15, -0.1) is 0 Å². The zero-order valence-corrected chi connectivity index (χ0v) is 16.9. The van der Waals surface area contributed by atoms with Crippen LogP contribution in [0.15, 0.2) is 30.3 Å². The summed E-state index contributed by atoms with van der Waals surface area (Å²) in [5.74, 6) is 0.544. The van der Waals surface area contributed by atoms with Gasteiger partial charge in [-0.2, -0.15) is 0 Å². The average Bonchev–Trinajstić information content (AvgIpc) is 3.18. The Hall–Kier alpha value is -1.98. The van der Waals surface area contributed by atoms with E-state index in [2.05, 4.69) is 21.8 Å². The Balaban J connectivity index is 1.79. The Morgan fingerprint density at radius 3 is 2.52 bits per heavy atom. The molecule has 1 aliphatic rings. The summed E-state index contributed by atoms with van der Waals surface area (Å²) in [6.07, 6.45) is 3.45. The van der Waals surface area contributed by atoms with Crippen LogP contribution in [0.2, 0.25) is 5.02 Å². The Morgan fingerprint density at radius 1 is 1.15 bits per heavy atom. The van der Waals surface area contributed by atoms with Crippen molar-refractivity contribution >= 4 is 17.5 Å². The van der Waals surface area contributed by atoms with Gasteiger partial charge in [-0.05, 0) is 69.6 Å². The molecule has 0 aliphatic carbocycles. The van der Waals surface area contributed by atoms with Gasteiger partial charge >= 0.3 is 0 Å². The van der Waals surface area contributed by atoms with Crippen LogP contribution in [0.5, 0.6) is 0 Å². The van der Waals surface area contributed by atoms with Gasteiger partial charge in [-0.1, -0.05) is 18.5 Å². The fourth-order valence-corrected chi connectivity index (χ4v) is 3.55. The molecule has 3 rings (SSSR count). The Kier molecular flexibility index (Phi) is 6.80. The summed E-state index contributed by atoms with van der Waals surface area (Å²) in [4.78, 5) is 26.5. The molecular formula is C21H27ClN4O. The predicted molar refractivity (Wildman–Crippen MR) is 109 cm³/mol. The molecule has 0 bridgehead atoms. The minimum atomic E-state index is -0.0169. The summed E-state index contributed by atoms with van der Waals surface area (Å²) in [6, 6.07) is 9.15. The van der Waals surface area contributed by atoms with E-state index < -0.39 is 0 Å². The van der Waals surface area contributed by atoms with Crippen molar-refractivity contribution in [2.24, 2.45) is 0 Å². The SMILES string of the molecule is CCCN(CCN1CCCC1)C(=O)c1cc(C)nc(-c2ccc(Cl)cc2)n1. The smallest absolute Gasteiger partial charge is 0.272 e. The first kappa shape index (κ1) is 19.8. The van der Waals surface area contributed by atoms with Crippen LogP contribution in [0, 0.1) is 6.92 Å². The first-order valence-electron chi connectivity index (χ1n) is 9.70. The largest absolute Gasteiger partial charge is 0.336 e. The van der Waals surface area contributed by atoms with Crippen LogP contribution in [0.4, 0.5) is 0 Å². The number of aryl methyl sites for hydroxylation is 1. The number of amides is 1. The number of nitrogens with zero attached hydrogens (tertiary/aromatic N) is 4. The van der Waals surface area contributed by atoms with Gasteiger partial charge in [0.05, 0.1) is 0 Å². The van der Waals surface area contributed by atoms with Crippen LogP contribution in [-0.4, -0.2) is 58.4 Å². The molecule has 2 aromatic rings. The van der Waals surface area contributed by atoms with E-state index in [0.717, 1.165) is 50.4 Å². The van der Waals surface area contributed by atoms with E-state index in [-0.39, 0.29) is 5.91 Å². The van der Waals surface area contributed by atoms with Crippen molar-refractivity contribution < 1.29 is 4.79 Å². The fraction of sp³-hybridized carbons (Fsp3) is 0.476. The molecule has 0 saturated carbocycles. The summed E-state index contributed by atoms with van der Waals surface area (Å²) in [6.45, 7) is 8.69. The lowest BCUT2D eigenvalue weighted by Gasteiger charge is -2.25. The molecule has 1 aliphatic heterocycles. The fourth-order valence-electron chi connectivity index (χ4n) is 3.42. The zero-order chi connectivity index (χ0) is 19.2. The maximum absolute atomic E-state index is 13.1. The standard InChI is InChI=1S/C21H27ClN4O/c1-3-10-26(14-13-25-11-4-5-12-25)21(27)19-15-16(2)23-20(24-19)17-6-8-18(22)9-7-17/h6-9,15H,3-5,10-14H2,1-2H3. The van der Waals surface area contributed by atoms with Gasteiger partial charge in [0, 0.05) is 35.9 Å². The molecule has 1 aromatic carbocycles. The highest BCUT2D eigenvalue weighted by molar-refractivity contribution is 6.30. The molecule has 1 fully saturated rings. The van der Waals surface area contributed by atoms with E-state index >= 15 is 0 Å². The van der Waals surface area contributed by atoms with Gasteiger partial charge in [0.2, 0.25) is 0 Å². The Morgan fingerprint density at radius 2 is 1.85 bits per heavy atom. The summed E-state index contributed by atoms with van der Waals surface area (Å²) >= 11 is 5.97. The average molecular weight is 387 g/mol. The molecule has 27 heavy (non-hydrogen) atoms. The lowest BCUT2D eigenvalue weighted by atomic mass is 10.2. The molecule has 6 heteroatoms. The summed E-state index contributed by atoms with van der Waals surface area (Å²) in [5.41, 5.74) is 2.10. The molecule has 2 heterocycles. The predicted octanol–water partition coefficient (Wildman–Crippen LogP) is 4.05. The first-order valence-corrected chi connectivity index (χ1v) is 10.1. The van der Waals surface area contributed by atoms with Gasteiger partial charge in [-0.3, -0.25) is 4.79 Å². The molecule has 0 N–H and O–H groups in total. The number of rotatable bonds is 7. The molecule has 5 nitrogen and oxygen atoms in total. The number of likely N-dealkylation sites (tertiary alicyclic amines) is 1. The van der Waals surface area contributed by atoms with E-state index in [1.165, 1.54) is 12.8 Å². The summed E-state index contributed by atoms with van der Waals surface area (Å²) in [7, 11) is 0. The van der Waals surface area contributed by atoms with Crippen molar-refractivity contribution in [3.8, 4) is 11.4 Å². The summed E-state index contributed by atoms with van der Waals surface area (Å²) in [5, 5.41) is 0.665. The molecule has 0 spiro atoms. The van der Waals surface area contributed by atoms with Gasteiger partial charge < -0.3 is 9.80 Å². The van der Waals surface area contributed by atoms with Crippen LogP contribution in [0.3, 0.4) is 0 Å². The van der Waals surface area contributed by atoms with Crippen molar-refractivity contribution in [2.75, 3.05) is 32.7 Å². The van der Waals surface area contributed by atoms with E-state index in [0.29, 0.717) is 16.5 Å². The van der Waals surface area contributed by atoms with Crippen LogP contribution in [0.25, 0.3) is 11.4 Å². The maximum Gasteiger partial charge on any atom is 0.272 e. The molecule has 0 unspecified atom stereocenters. The number of hydrogen-bond acceptors (Lipinski definition) is 4. The number of aromatic nitrogens is 2. The van der Waals surface area contributed by atoms with E-state index in [4.69, 9.17) is 11.6 Å². The highest BCUT2D eigenvalue weighted by atomic mass is 35.5. The Bertz CT molecular complexity index is 772. The third kappa shape index (κ3) is 5.27. The van der Waals surface area contributed by atoms with Crippen molar-refractivity contribution in [1.29, 1.82) is 0 Å². The number of halogens is 1. The first-order chi connectivity index (χ1) is 13.1. The summed E-state index contributed by atoms with van der Waals surface area (Å²) < 4.78 is 0. The second kappa shape index (κ2) is 9.29. The minimum absolute atomic E-state index is 0.0169. The van der Waals surface area contributed by atoms with Gasteiger partial charge in [-0.25, -0.2) is 9.97 Å². The van der Waals surface area contributed by atoms with E-state index in [9.17, 15) is 4.79 Å². The lowest BCUT2D eigenvalue weighted by Crippen LogP contribution is -2.38.